The second kappa shape index (κ2) is 7.12. The molecule has 0 saturated carbocycles. The zero-order valence-electron chi connectivity index (χ0n) is 14.4. The Bertz CT molecular complexity index is 930. The summed E-state index contributed by atoms with van der Waals surface area (Å²) in [6, 6.07) is 10.5. The van der Waals surface area contributed by atoms with Crippen molar-refractivity contribution in [2.75, 3.05) is 19.6 Å². The Morgan fingerprint density at radius 1 is 1.31 bits per heavy atom. The first-order chi connectivity index (χ1) is 12.7. The van der Waals surface area contributed by atoms with E-state index < -0.39 is 0 Å². The molecule has 2 aliphatic rings. The molecule has 0 aliphatic carbocycles. The van der Waals surface area contributed by atoms with Crippen LogP contribution in [0.3, 0.4) is 0 Å². The molecule has 0 aromatic carbocycles. The van der Waals surface area contributed by atoms with Crippen LogP contribution >= 0.6 is 22.7 Å². The van der Waals surface area contributed by atoms with Crippen LogP contribution in [0, 0.1) is 11.3 Å². The molecule has 1 atom stereocenters. The summed E-state index contributed by atoms with van der Waals surface area (Å²) in [6.45, 7) is 4.71. The number of allylic oxidation sites excluding steroid dienone is 1. The molecule has 4 rings (SSSR count). The van der Waals surface area contributed by atoms with Crippen LogP contribution in [0.1, 0.15) is 22.6 Å². The standard InChI is InChI=1S/C20H19N3OS2/c1-2-23-11-13(9-14-5-3-7-25-14)19-16(12-23)18(17-6-4-8-26-17)15(10-21)20(22)24-19/h3-9,18H,2,11-12,22H2,1H3/t18-/m1/s1. The highest BCUT2D eigenvalue weighted by Crippen LogP contribution is 2.44. The highest BCUT2D eigenvalue weighted by Gasteiger charge is 2.37. The molecule has 4 heterocycles. The summed E-state index contributed by atoms with van der Waals surface area (Å²) in [7, 11) is 0. The van der Waals surface area contributed by atoms with E-state index in [2.05, 4.69) is 41.5 Å². The van der Waals surface area contributed by atoms with Crippen molar-refractivity contribution in [3.63, 3.8) is 0 Å². The van der Waals surface area contributed by atoms with Gasteiger partial charge in [0.25, 0.3) is 0 Å². The minimum Gasteiger partial charge on any atom is -0.440 e. The number of nitriles is 1. The van der Waals surface area contributed by atoms with Gasteiger partial charge in [-0.25, -0.2) is 0 Å². The lowest BCUT2D eigenvalue weighted by molar-refractivity contribution is 0.239. The number of nitrogens with zero attached hydrogens (tertiary/aromatic N) is 2. The van der Waals surface area contributed by atoms with Crippen molar-refractivity contribution in [3.05, 3.63) is 73.1 Å². The Morgan fingerprint density at radius 2 is 2.12 bits per heavy atom. The van der Waals surface area contributed by atoms with Gasteiger partial charge in [0.05, 0.1) is 5.92 Å². The average molecular weight is 382 g/mol. The van der Waals surface area contributed by atoms with Crippen LogP contribution in [-0.2, 0) is 4.74 Å². The molecule has 6 heteroatoms. The van der Waals surface area contributed by atoms with E-state index in [-0.39, 0.29) is 11.8 Å². The second-order valence-corrected chi connectivity index (χ2v) is 8.24. The van der Waals surface area contributed by atoms with E-state index in [4.69, 9.17) is 10.5 Å². The summed E-state index contributed by atoms with van der Waals surface area (Å²) in [5, 5.41) is 13.8. The van der Waals surface area contributed by atoms with Crippen LogP contribution in [-0.4, -0.2) is 24.5 Å². The van der Waals surface area contributed by atoms with Gasteiger partial charge in [0.15, 0.2) is 0 Å². The zero-order chi connectivity index (χ0) is 18.1. The fourth-order valence-corrected chi connectivity index (χ4v) is 5.04. The predicted octanol–water partition coefficient (Wildman–Crippen LogP) is 4.29. The first-order valence-electron chi connectivity index (χ1n) is 8.52. The van der Waals surface area contributed by atoms with Gasteiger partial charge in [-0.1, -0.05) is 19.1 Å². The average Bonchev–Trinajstić information content (AvgIpc) is 3.34. The van der Waals surface area contributed by atoms with Crippen LogP contribution in [0.5, 0.6) is 0 Å². The summed E-state index contributed by atoms with van der Waals surface area (Å²) in [5.74, 6) is 0.953. The van der Waals surface area contributed by atoms with E-state index in [1.165, 1.54) is 4.88 Å². The number of nitrogens with two attached hydrogens (primary N) is 1. The van der Waals surface area contributed by atoms with Gasteiger partial charge in [0.2, 0.25) is 5.88 Å². The summed E-state index contributed by atoms with van der Waals surface area (Å²) in [4.78, 5) is 4.70. The van der Waals surface area contributed by atoms with E-state index >= 15 is 0 Å². The van der Waals surface area contributed by atoms with Crippen LogP contribution < -0.4 is 5.73 Å². The molecule has 0 unspecified atom stereocenters. The highest BCUT2D eigenvalue weighted by molar-refractivity contribution is 7.10. The molecule has 4 nitrogen and oxygen atoms in total. The Kier molecular flexibility index (Phi) is 4.68. The normalized spacial score (nSPS) is 22.3. The van der Waals surface area contributed by atoms with Crippen molar-refractivity contribution in [1.82, 2.24) is 4.90 Å². The van der Waals surface area contributed by atoms with Crippen molar-refractivity contribution >= 4 is 28.7 Å². The van der Waals surface area contributed by atoms with E-state index in [1.807, 2.05) is 17.5 Å². The predicted molar refractivity (Wildman–Crippen MR) is 106 cm³/mol. The third kappa shape index (κ3) is 2.99. The van der Waals surface area contributed by atoms with E-state index in [9.17, 15) is 5.26 Å². The first kappa shape index (κ1) is 17.1. The second-order valence-electron chi connectivity index (χ2n) is 6.28. The summed E-state index contributed by atoms with van der Waals surface area (Å²) in [6.07, 6.45) is 2.18. The molecule has 0 fully saturated rings. The zero-order valence-corrected chi connectivity index (χ0v) is 16.1. The fourth-order valence-electron chi connectivity index (χ4n) is 3.49. The molecule has 2 N–H and O–H groups in total. The maximum Gasteiger partial charge on any atom is 0.205 e. The Labute approximate surface area is 161 Å². The molecule has 2 aliphatic heterocycles. The van der Waals surface area contributed by atoms with E-state index in [0.717, 1.165) is 41.4 Å². The maximum absolute atomic E-state index is 9.70. The number of rotatable bonds is 3. The Morgan fingerprint density at radius 3 is 2.77 bits per heavy atom. The van der Waals surface area contributed by atoms with Crippen LogP contribution in [0.25, 0.3) is 6.08 Å². The van der Waals surface area contributed by atoms with Gasteiger partial charge in [0, 0.05) is 34.0 Å². The largest absolute Gasteiger partial charge is 0.440 e. The molecule has 26 heavy (non-hydrogen) atoms. The summed E-state index contributed by atoms with van der Waals surface area (Å²) < 4.78 is 6.01. The molecule has 2 aromatic rings. The van der Waals surface area contributed by atoms with Crippen molar-refractivity contribution in [2.24, 2.45) is 5.73 Å². The number of likely N-dealkylation sites (N-methyl/N-ethyl adjacent to an activating group) is 1. The van der Waals surface area contributed by atoms with Gasteiger partial charge in [-0.2, -0.15) is 5.26 Å². The Balaban J connectivity index is 1.87. The van der Waals surface area contributed by atoms with Crippen molar-refractivity contribution in [2.45, 2.75) is 12.8 Å². The lowest BCUT2D eigenvalue weighted by Gasteiger charge is -2.37. The summed E-state index contributed by atoms with van der Waals surface area (Å²) >= 11 is 3.36. The third-order valence-corrected chi connectivity index (χ3v) is 6.50. The minimum absolute atomic E-state index is 0.121. The number of thiophene rings is 2. The van der Waals surface area contributed by atoms with Gasteiger partial charge in [-0.05, 0) is 35.5 Å². The van der Waals surface area contributed by atoms with Gasteiger partial charge in [-0.3, -0.25) is 4.90 Å². The fraction of sp³-hybridized carbons (Fsp3) is 0.250. The third-order valence-electron chi connectivity index (χ3n) is 4.74. The molecule has 0 saturated heterocycles. The number of hydrogen-bond donors (Lipinski definition) is 1. The lowest BCUT2D eigenvalue weighted by Crippen LogP contribution is -2.37. The van der Waals surface area contributed by atoms with E-state index in [0.29, 0.717) is 5.57 Å². The van der Waals surface area contributed by atoms with Crippen LogP contribution in [0.15, 0.2) is 63.4 Å². The van der Waals surface area contributed by atoms with Gasteiger partial charge >= 0.3 is 0 Å². The molecule has 0 spiro atoms. The lowest BCUT2D eigenvalue weighted by atomic mass is 9.84. The topological polar surface area (TPSA) is 62.3 Å². The number of hydrogen-bond acceptors (Lipinski definition) is 6. The Hall–Kier alpha value is -2.33. The van der Waals surface area contributed by atoms with Crippen molar-refractivity contribution < 1.29 is 4.74 Å². The first-order valence-corrected chi connectivity index (χ1v) is 10.3. The van der Waals surface area contributed by atoms with Crippen molar-refractivity contribution in [1.29, 1.82) is 5.26 Å². The van der Waals surface area contributed by atoms with Gasteiger partial charge in [0.1, 0.15) is 17.4 Å². The van der Waals surface area contributed by atoms with Crippen molar-refractivity contribution in [3.8, 4) is 6.07 Å². The SMILES string of the molecule is CCN1CC(=Cc2cccs2)C2=C(C1)[C@H](c1cccs1)C(C#N)=C(N)O2. The molecule has 0 radical (unpaired) electrons. The maximum atomic E-state index is 9.70. The highest BCUT2D eigenvalue weighted by atomic mass is 32.1. The van der Waals surface area contributed by atoms with Crippen LogP contribution in [0.4, 0.5) is 0 Å². The monoisotopic (exact) mass is 381 g/mol. The molecule has 132 valence electrons. The molecule has 2 aromatic heterocycles. The smallest absolute Gasteiger partial charge is 0.205 e. The number of ether oxygens (including phenoxy) is 1. The van der Waals surface area contributed by atoms with Gasteiger partial charge < -0.3 is 10.5 Å². The van der Waals surface area contributed by atoms with Gasteiger partial charge in [-0.15, -0.1) is 22.7 Å². The molecule has 0 bridgehead atoms. The quantitative estimate of drug-likeness (QED) is 0.861. The minimum atomic E-state index is -0.121. The molecular formula is C20H19N3OS2. The van der Waals surface area contributed by atoms with E-state index in [1.54, 1.807) is 22.7 Å². The van der Waals surface area contributed by atoms with Crippen LogP contribution in [0.2, 0.25) is 0 Å². The molecular weight excluding hydrogens is 362 g/mol. The molecule has 0 amide bonds. The summed E-state index contributed by atoms with van der Waals surface area (Å²) in [5.41, 5.74) is 8.93.